The largest absolute Gasteiger partial charge is 0.486 e. The van der Waals surface area contributed by atoms with E-state index in [4.69, 9.17) is 22.8 Å². The highest BCUT2D eigenvalue weighted by molar-refractivity contribution is 7.99. The minimum Gasteiger partial charge on any atom is -0.486 e. The number of aryl methyl sites for hydroxylation is 1. The molecule has 1 aromatic heterocycles. The maximum absolute atomic E-state index is 11.4. The number of benzene rings is 1. The molecule has 0 aliphatic carbocycles. The first-order chi connectivity index (χ1) is 11.1. The lowest BCUT2D eigenvalue weighted by Crippen LogP contribution is -2.25. The predicted molar refractivity (Wildman–Crippen MR) is 89.5 cm³/mol. The first-order valence-electron chi connectivity index (χ1n) is 6.71. The van der Waals surface area contributed by atoms with E-state index in [-0.39, 0.29) is 24.8 Å². The zero-order chi connectivity index (χ0) is 16.7. The van der Waals surface area contributed by atoms with Crippen LogP contribution in [0.25, 0.3) is 0 Å². The Morgan fingerprint density at radius 2 is 2.39 bits per heavy atom. The number of aromatic amines is 1. The van der Waals surface area contributed by atoms with E-state index in [0.29, 0.717) is 21.8 Å². The topological polar surface area (TPSA) is 79.9 Å². The fraction of sp³-hybridized carbons (Fsp3) is 0.267. The lowest BCUT2D eigenvalue weighted by Gasteiger charge is -2.05. The van der Waals surface area contributed by atoms with Crippen LogP contribution in [0.1, 0.15) is 11.4 Å². The van der Waals surface area contributed by atoms with Crippen molar-refractivity contribution in [3.05, 3.63) is 34.6 Å². The molecule has 0 fully saturated rings. The Hall–Kier alpha value is -2.17. The van der Waals surface area contributed by atoms with Crippen molar-refractivity contribution in [3.8, 4) is 18.1 Å². The molecule has 6 nitrogen and oxygen atoms in total. The van der Waals surface area contributed by atoms with Crippen molar-refractivity contribution in [1.29, 1.82) is 0 Å². The lowest BCUT2D eigenvalue weighted by molar-refractivity contribution is -0.118. The van der Waals surface area contributed by atoms with Gasteiger partial charge in [-0.2, -0.15) is 0 Å². The average molecular weight is 351 g/mol. The van der Waals surface area contributed by atoms with Gasteiger partial charge in [-0.3, -0.25) is 9.89 Å². The Balaban J connectivity index is 1.81. The van der Waals surface area contributed by atoms with E-state index in [1.165, 1.54) is 11.8 Å². The number of hydrogen-bond acceptors (Lipinski definition) is 5. The summed E-state index contributed by atoms with van der Waals surface area (Å²) in [6.07, 6.45) is 5.06. The summed E-state index contributed by atoms with van der Waals surface area (Å²) in [5.74, 6) is 3.66. The van der Waals surface area contributed by atoms with Crippen LogP contribution in [0, 0.1) is 19.3 Å². The Labute approximate surface area is 143 Å². The van der Waals surface area contributed by atoms with E-state index >= 15 is 0 Å². The van der Waals surface area contributed by atoms with E-state index < -0.39 is 0 Å². The maximum Gasteiger partial charge on any atom is 0.231 e. The fourth-order valence-corrected chi connectivity index (χ4v) is 2.36. The molecule has 0 spiro atoms. The molecule has 23 heavy (non-hydrogen) atoms. The second-order valence-electron chi connectivity index (χ2n) is 4.53. The number of aromatic nitrogens is 3. The summed E-state index contributed by atoms with van der Waals surface area (Å²) in [4.78, 5) is 15.7. The van der Waals surface area contributed by atoms with Crippen molar-refractivity contribution in [2.24, 2.45) is 0 Å². The molecule has 1 amide bonds. The number of nitrogens with zero attached hydrogens (tertiary/aromatic N) is 2. The van der Waals surface area contributed by atoms with E-state index in [1.54, 1.807) is 12.1 Å². The van der Waals surface area contributed by atoms with Crippen molar-refractivity contribution in [1.82, 2.24) is 20.5 Å². The monoisotopic (exact) mass is 350 g/mol. The van der Waals surface area contributed by atoms with Crippen LogP contribution in [0.15, 0.2) is 23.4 Å². The van der Waals surface area contributed by atoms with Gasteiger partial charge in [-0.05, 0) is 30.7 Å². The quantitative estimate of drug-likeness (QED) is 0.591. The molecule has 0 unspecified atom stereocenters. The molecule has 0 saturated heterocycles. The Bertz CT molecular complexity index is 727. The number of amides is 1. The number of thioether (sulfide) groups is 1. The second kappa shape index (κ2) is 8.46. The summed E-state index contributed by atoms with van der Waals surface area (Å²) in [6.45, 7) is 2.37. The number of nitrogens with one attached hydrogen (secondary N) is 2. The Morgan fingerprint density at radius 1 is 1.57 bits per heavy atom. The van der Waals surface area contributed by atoms with Gasteiger partial charge in [0.15, 0.2) is 5.82 Å². The summed E-state index contributed by atoms with van der Waals surface area (Å²) in [5.41, 5.74) is 0.941. The number of carbonyl (C=O) groups is 1. The van der Waals surface area contributed by atoms with Crippen molar-refractivity contribution < 1.29 is 9.53 Å². The van der Waals surface area contributed by atoms with Crippen molar-refractivity contribution >= 4 is 29.3 Å². The summed E-state index contributed by atoms with van der Waals surface area (Å²) in [6, 6.07) is 5.42. The van der Waals surface area contributed by atoms with E-state index in [2.05, 4.69) is 26.4 Å². The molecule has 120 valence electrons. The van der Waals surface area contributed by atoms with Gasteiger partial charge in [0.2, 0.25) is 11.1 Å². The van der Waals surface area contributed by atoms with Crippen molar-refractivity contribution in [3.63, 3.8) is 0 Å². The van der Waals surface area contributed by atoms with Crippen LogP contribution in [0.2, 0.25) is 5.02 Å². The summed E-state index contributed by atoms with van der Waals surface area (Å²) in [5, 5.41) is 10.5. The lowest BCUT2D eigenvalue weighted by atomic mass is 10.2. The third-order valence-electron chi connectivity index (χ3n) is 2.74. The molecule has 0 radical (unpaired) electrons. The van der Waals surface area contributed by atoms with Gasteiger partial charge in [0, 0.05) is 5.02 Å². The molecule has 0 atom stereocenters. The van der Waals surface area contributed by atoms with Crippen LogP contribution in [-0.2, 0) is 11.4 Å². The molecule has 2 N–H and O–H groups in total. The van der Waals surface area contributed by atoms with E-state index in [9.17, 15) is 4.79 Å². The van der Waals surface area contributed by atoms with E-state index in [0.717, 1.165) is 5.56 Å². The van der Waals surface area contributed by atoms with Gasteiger partial charge in [0.05, 0.1) is 12.3 Å². The van der Waals surface area contributed by atoms with Gasteiger partial charge in [-0.1, -0.05) is 29.3 Å². The molecule has 0 aliphatic heterocycles. The molecular formula is C15H15ClN4O2S. The van der Waals surface area contributed by atoms with Crippen LogP contribution >= 0.6 is 23.4 Å². The minimum atomic E-state index is -0.160. The zero-order valence-electron chi connectivity index (χ0n) is 12.4. The highest BCUT2D eigenvalue weighted by Crippen LogP contribution is 2.21. The van der Waals surface area contributed by atoms with Gasteiger partial charge in [0.25, 0.3) is 0 Å². The Kier molecular flexibility index (Phi) is 6.32. The number of terminal acetylenes is 1. The third-order valence-corrected chi connectivity index (χ3v) is 4.01. The number of halogens is 1. The van der Waals surface area contributed by atoms with Crippen LogP contribution in [0.4, 0.5) is 0 Å². The first kappa shape index (κ1) is 17.2. The number of rotatable bonds is 7. The molecule has 0 bridgehead atoms. The zero-order valence-corrected chi connectivity index (χ0v) is 14.0. The second-order valence-corrected chi connectivity index (χ2v) is 5.88. The van der Waals surface area contributed by atoms with Crippen LogP contribution in [0.5, 0.6) is 5.75 Å². The fourth-order valence-electron chi connectivity index (χ4n) is 1.60. The third kappa shape index (κ3) is 5.51. The molecule has 1 heterocycles. The molecule has 1 aromatic carbocycles. The summed E-state index contributed by atoms with van der Waals surface area (Å²) in [7, 11) is 0. The standard InChI is InChI=1S/C15H15ClN4O2S/c1-3-6-17-14(21)9-23-15-18-13(19-20-15)8-22-11-4-5-12(16)10(2)7-11/h1,4-5,7H,6,8-9H2,2H3,(H,17,21)(H,18,19,20). The highest BCUT2D eigenvalue weighted by Gasteiger charge is 2.08. The first-order valence-corrected chi connectivity index (χ1v) is 8.08. The van der Waals surface area contributed by atoms with Gasteiger partial charge in [0.1, 0.15) is 12.4 Å². The number of ether oxygens (including phenoxy) is 1. The number of carbonyl (C=O) groups excluding carboxylic acids is 1. The smallest absolute Gasteiger partial charge is 0.231 e. The highest BCUT2D eigenvalue weighted by atomic mass is 35.5. The Morgan fingerprint density at radius 3 is 3.13 bits per heavy atom. The SMILES string of the molecule is C#CCNC(=O)CSc1n[nH]c(COc2ccc(Cl)c(C)c2)n1. The average Bonchev–Trinajstić information content (AvgIpc) is 3.00. The summed E-state index contributed by atoms with van der Waals surface area (Å²) < 4.78 is 5.62. The van der Waals surface area contributed by atoms with Gasteiger partial charge in [-0.25, -0.2) is 4.98 Å². The number of hydrogen-bond donors (Lipinski definition) is 2. The van der Waals surface area contributed by atoms with Crippen LogP contribution < -0.4 is 10.1 Å². The molecule has 2 aromatic rings. The predicted octanol–water partition coefficient (Wildman–Crippen LogP) is 2.19. The van der Waals surface area contributed by atoms with Gasteiger partial charge in [-0.15, -0.1) is 11.5 Å². The van der Waals surface area contributed by atoms with E-state index in [1.807, 2.05) is 13.0 Å². The molecular weight excluding hydrogens is 336 g/mol. The van der Waals surface area contributed by atoms with Crippen LogP contribution in [0.3, 0.4) is 0 Å². The van der Waals surface area contributed by atoms with Gasteiger partial charge < -0.3 is 10.1 Å². The number of H-pyrrole nitrogens is 1. The van der Waals surface area contributed by atoms with Crippen LogP contribution in [-0.4, -0.2) is 33.4 Å². The maximum atomic E-state index is 11.4. The minimum absolute atomic E-state index is 0.160. The van der Waals surface area contributed by atoms with Crippen molar-refractivity contribution in [2.75, 3.05) is 12.3 Å². The van der Waals surface area contributed by atoms with Crippen molar-refractivity contribution in [2.45, 2.75) is 18.7 Å². The molecule has 0 aliphatic rings. The molecule has 0 saturated carbocycles. The summed E-state index contributed by atoms with van der Waals surface area (Å²) >= 11 is 7.18. The van der Waals surface area contributed by atoms with Gasteiger partial charge >= 0.3 is 0 Å². The molecule has 2 rings (SSSR count). The normalized spacial score (nSPS) is 10.1. The molecule has 8 heteroatoms.